The number of carbonyl (C=O) groups is 2. The third kappa shape index (κ3) is 4.05. The Morgan fingerprint density at radius 3 is 2.68 bits per heavy atom. The zero-order valence-electron chi connectivity index (χ0n) is 12.2. The molecule has 1 N–H and O–H groups in total. The van der Waals surface area contributed by atoms with Crippen LogP contribution in [0, 0.1) is 13.8 Å². The Morgan fingerprint density at radius 2 is 2.05 bits per heavy atom. The number of hydrogen-bond acceptors (Lipinski definition) is 4. The van der Waals surface area contributed by atoms with Crippen LogP contribution in [0.3, 0.4) is 0 Å². The molecular formula is C16H15ClN2O3. The van der Waals surface area contributed by atoms with Crippen molar-refractivity contribution in [1.29, 1.82) is 0 Å². The Kier molecular flexibility index (Phi) is 5.12. The van der Waals surface area contributed by atoms with Crippen molar-refractivity contribution in [2.75, 3.05) is 11.9 Å². The third-order valence-electron chi connectivity index (χ3n) is 2.90. The van der Waals surface area contributed by atoms with E-state index in [4.69, 9.17) is 16.3 Å². The summed E-state index contributed by atoms with van der Waals surface area (Å²) in [5.74, 6) is -1.11. The van der Waals surface area contributed by atoms with E-state index in [1.165, 1.54) is 12.3 Å². The monoisotopic (exact) mass is 318 g/mol. The lowest BCUT2D eigenvalue weighted by molar-refractivity contribution is -0.119. The predicted molar refractivity (Wildman–Crippen MR) is 84.1 cm³/mol. The molecule has 114 valence electrons. The van der Waals surface area contributed by atoms with E-state index in [1.807, 2.05) is 19.9 Å². The van der Waals surface area contributed by atoms with Gasteiger partial charge in [0.15, 0.2) is 6.61 Å². The van der Waals surface area contributed by atoms with Crippen molar-refractivity contribution in [2.24, 2.45) is 0 Å². The van der Waals surface area contributed by atoms with Crippen LogP contribution in [0.4, 0.5) is 5.69 Å². The van der Waals surface area contributed by atoms with Crippen LogP contribution in [-0.2, 0) is 9.53 Å². The molecule has 0 bridgehead atoms. The quantitative estimate of drug-likeness (QED) is 0.879. The minimum absolute atomic E-state index is 0.153. The van der Waals surface area contributed by atoms with Gasteiger partial charge in [0.05, 0.1) is 10.7 Å². The van der Waals surface area contributed by atoms with Crippen LogP contribution in [0.2, 0.25) is 5.02 Å². The number of aromatic nitrogens is 1. The molecule has 0 unspecified atom stereocenters. The maximum Gasteiger partial charge on any atom is 0.357 e. The summed E-state index contributed by atoms with van der Waals surface area (Å²) in [4.78, 5) is 27.4. The molecule has 1 heterocycles. The molecule has 6 heteroatoms. The molecule has 1 aromatic heterocycles. The summed E-state index contributed by atoms with van der Waals surface area (Å²) in [6.07, 6.45) is 1.48. The molecule has 0 saturated heterocycles. The summed E-state index contributed by atoms with van der Waals surface area (Å²) in [5.41, 5.74) is 2.52. The van der Waals surface area contributed by atoms with Crippen LogP contribution < -0.4 is 5.32 Å². The standard InChI is InChI=1S/C16H15ClN2O3/c1-10-7-11(2)15(12(17)8-10)19-14(20)9-22-16(21)13-5-3-4-6-18-13/h3-8H,9H2,1-2H3,(H,19,20). The summed E-state index contributed by atoms with van der Waals surface area (Å²) >= 11 is 6.10. The molecule has 0 aliphatic heterocycles. The largest absolute Gasteiger partial charge is 0.451 e. The molecule has 2 aromatic rings. The van der Waals surface area contributed by atoms with Gasteiger partial charge in [0.2, 0.25) is 0 Å². The minimum Gasteiger partial charge on any atom is -0.451 e. The van der Waals surface area contributed by atoms with E-state index in [1.54, 1.807) is 18.2 Å². The molecule has 0 fully saturated rings. The molecule has 0 spiro atoms. The number of benzene rings is 1. The van der Waals surface area contributed by atoms with E-state index >= 15 is 0 Å². The van der Waals surface area contributed by atoms with E-state index in [0.29, 0.717) is 10.7 Å². The highest BCUT2D eigenvalue weighted by atomic mass is 35.5. The first-order valence-corrected chi connectivity index (χ1v) is 7.00. The van der Waals surface area contributed by atoms with Crippen molar-refractivity contribution in [3.8, 4) is 0 Å². The van der Waals surface area contributed by atoms with Gasteiger partial charge >= 0.3 is 5.97 Å². The van der Waals surface area contributed by atoms with Crippen LogP contribution in [-0.4, -0.2) is 23.5 Å². The summed E-state index contributed by atoms with van der Waals surface area (Å²) in [6, 6.07) is 8.53. The van der Waals surface area contributed by atoms with Gasteiger partial charge in [-0.1, -0.05) is 23.7 Å². The fraction of sp³-hybridized carbons (Fsp3) is 0.188. The first kappa shape index (κ1) is 16.0. The Labute approximate surface area is 133 Å². The number of hydrogen-bond donors (Lipinski definition) is 1. The van der Waals surface area contributed by atoms with Crippen molar-refractivity contribution < 1.29 is 14.3 Å². The number of aryl methyl sites for hydroxylation is 2. The maximum atomic E-state index is 11.9. The fourth-order valence-electron chi connectivity index (χ4n) is 1.94. The number of anilines is 1. The van der Waals surface area contributed by atoms with Crippen molar-refractivity contribution in [2.45, 2.75) is 13.8 Å². The average Bonchev–Trinajstić information content (AvgIpc) is 2.49. The maximum absolute atomic E-state index is 11.9. The van der Waals surface area contributed by atoms with Crippen molar-refractivity contribution in [3.63, 3.8) is 0 Å². The number of halogens is 1. The summed E-state index contributed by atoms with van der Waals surface area (Å²) < 4.78 is 4.91. The van der Waals surface area contributed by atoms with Crippen LogP contribution in [0.5, 0.6) is 0 Å². The number of carbonyl (C=O) groups excluding carboxylic acids is 2. The topological polar surface area (TPSA) is 68.3 Å². The normalized spacial score (nSPS) is 10.1. The average molecular weight is 319 g/mol. The number of ether oxygens (including phenoxy) is 1. The van der Waals surface area contributed by atoms with Crippen molar-refractivity contribution in [1.82, 2.24) is 4.98 Å². The third-order valence-corrected chi connectivity index (χ3v) is 3.20. The lowest BCUT2D eigenvalue weighted by atomic mass is 10.1. The van der Waals surface area contributed by atoms with Crippen molar-refractivity contribution >= 4 is 29.2 Å². The first-order valence-electron chi connectivity index (χ1n) is 6.62. The molecule has 2 rings (SSSR count). The first-order chi connectivity index (χ1) is 10.5. The van der Waals surface area contributed by atoms with Gasteiger partial charge in [0, 0.05) is 6.20 Å². The van der Waals surface area contributed by atoms with Gasteiger partial charge in [-0.25, -0.2) is 9.78 Å². The van der Waals surface area contributed by atoms with Gasteiger partial charge in [-0.15, -0.1) is 0 Å². The van der Waals surface area contributed by atoms with E-state index < -0.39 is 18.5 Å². The number of rotatable bonds is 4. The minimum atomic E-state index is -0.650. The Morgan fingerprint density at radius 1 is 1.27 bits per heavy atom. The molecule has 0 radical (unpaired) electrons. The number of nitrogens with one attached hydrogen (secondary N) is 1. The van der Waals surface area contributed by atoms with Gasteiger partial charge in [-0.05, 0) is 43.2 Å². The molecule has 22 heavy (non-hydrogen) atoms. The van der Waals surface area contributed by atoms with Gasteiger partial charge in [0.25, 0.3) is 5.91 Å². The highest BCUT2D eigenvalue weighted by Gasteiger charge is 2.13. The van der Waals surface area contributed by atoms with E-state index in [9.17, 15) is 9.59 Å². The molecule has 1 amide bonds. The molecular weight excluding hydrogens is 304 g/mol. The Balaban J connectivity index is 1.95. The lowest BCUT2D eigenvalue weighted by Crippen LogP contribution is -2.22. The van der Waals surface area contributed by atoms with Gasteiger partial charge < -0.3 is 10.1 Å². The molecule has 0 aliphatic carbocycles. The summed E-state index contributed by atoms with van der Waals surface area (Å²) in [5, 5.41) is 3.09. The molecule has 0 atom stereocenters. The number of pyridine rings is 1. The molecule has 0 aliphatic rings. The number of esters is 1. The molecule has 1 aromatic carbocycles. The second-order valence-electron chi connectivity index (χ2n) is 4.78. The summed E-state index contributed by atoms with van der Waals surface area (Å²) in [6.45, 7) is 3.35. The smallest absolute Gasteiger partial charge is 0.357 e. The van der Waals surface area contributed by atoms with Crippen LogP contribution >= 0.6 is 11.6 Å². The summed E-state index contributed by atoms with van der Waals surface area (Å²) in [7, 11) is 0. The lowest BCUT2D eigenvalue weighted by Gasteiger charge is -2.11. The highest BCUT2D eigenvalue weighted by molar-refractivity contribution is 6.34. The predicted octanol–water partition coefficient (Wildman–Crippen LogP) is 3.15. The zero-order valence-corrected chi connectivity index (χ0v) is 13.0. The second kappa shape index (κ2) is 7.04. The number of nitrogens with zero attached hydrogens (tertiary/aromatic N) is 1. The number of amides is 1. The van der Waals surface area contributed by atoms with Gasteiger partial charge in [0.1, 0.15) is 5.69 Å². The van der Waals surface area contributed by atoms with Crippen LogP contribution in [0.15, 0.2) is 36.5 Å². The molecule has 0 saturated carbocycles. The van der Waals surface area contributed by atoms with Gasteiger partial charge in [-0.3, -0.25) is 4.79 Å². The van der Waals surface area contributed by atoms with E-state index in [2.05, 4.69) is 10.3 Å². The second-order valence-corrected chi connectivity index (χ2v) is 5.19. The van der Waals surface area contributed by atoms with Crippen LogP contribution in [0.25, 0.3) is 0 Å². The SMILES string of the molecule is Cc1cc(C)c(NC(=O)COC(=O)c2ccccn2)c(Cl)c1. The van der Waals surface area contributed by atoms with Gasteiger partial charge in [-0.2, -0.15) is 0 Å². The van der Waals surface area contributed by atoms with Crippen molar-refractivity contribution in [3.05, 3.63) is 58.4 Å². The Hall–Kier alpha value is -2.40. The zero-order chi connectivity index (χ0) is 16.1. The highest BCUT2D eigenvalue weighted by Crippen LogP contribution is 2.27. The van der Waals surface area contributed by atoms with Crippen LogP contribution in [0.1, 0.15) is 21.6 Å². The fourth-order valence-corrected chi connectivity index (χ4v) is 2.31. The van der Waals surface area contributed by atoms with E-state index in [0.717, 1.165) is 11.1 Å². The molecule has 5 nitrogen and oxygen atoms in total. The van der Waals surface area contributed by atoms with E-state index in [-0.39, 0.29) is 5.69 Å². The Bertz CT molecular complexity index is 679.